The number of aliphatic imine (C=N–C) groups is 1. The molecule has 0 aromatic heterocycles. The molecule has 1 aliphatic heterocycles. The number of sulfonamides is 1. The normalized spacial score (nSPS) is 16.3. The standard InChI is InChI=1S/C20H22N4O5S/c1-3-29-15-10-8-14(9-11-15)23-18(25)12-21-20(26)13(2)22-19-16-6-4-5-7-17(16)30(27,28)24-19/h4-11,13H,3,12H2,1-2H3,(H,21,26)(H,22,24)(H,23,25)/t13-/m0/s1. The fourth-order valence-corrected chi connectivity index (χ4v) is 4.04. The largest absolute Gasteiger partial charge is 0.494 e. The predicted molar refractivity (Wildman–Crippen MR) is 112 cm³/mol. The SMILES string of the molecule is CCOc1ccc(NC(=O)CNC(=O)[C@H](C)N=C2NS(=O)(=O)c3ccccc32)cc1. The highest BCUT2D eigenvalue weighted by atomic mass is 32.2. The Morgan fingerprint density at radius 1 is 1.13 bits per heavy atom. The summed E-state index contributed by atoms with van der Waals surface area (Å²) in [7, 11) is -3.68. The van der Waals surface area contributed by atoms with Gasteiger partial charge in [-0.2, -0.15) is 0 Å². The molecule has 1 heterocycles. The van der Waals surface area contributed by atoms with Crippen molar-refractivity contribution in [1.29, 1.82) is 0 Å². The highest BCUT2D eigenvalue weighted by molar-refractivity contribution is 7.90. The fraction of sp³-hybridized carbons (Fsp3) is 0.250. The maximum atomic E-state index is 12.3. The first kappa shape index (κ1) is 21.3. The highest BCUT2D eigenvalue weighted by Crippen LogP contribution is 2.22. The molecule has 3 N–H and O–H groups in total. The monoisotopic (exact) mass is 430 g/mol. The molecular weight excluding hydrogens is 408 g/mol. The van der Waals surface area contributed by atoms with E-state index in [0.29, 0.717) is 23.6 Å². The van der Waals surface area contributed by atoms with Crippen molar-refractivity contribution in [3.05, 3.63) is 54.1 Å². The lowest BCUT2D eigenvalue weighted by atomic mass is 10.2. The zero-order valence-corrected chi connectivity index (χ0v) is 17.3. The van der Waals surface area contributed by atoms with Crippen molar-refractivity contribution in [3.63, 3.8) is 0 Å². The first-order valence-corrected chi connectivity index (χ1v) is 10.8. The summed E-state index contributed by atoms with van der Waals surface area (Å²) in [6.45, 7) is 3.70. The minimum atomic E-state index is -3.68. The Morgan fingerprint density at radius 2 is 1.83 bits per heavy atom. The maximum Gasteiger partial charge on any atom is 0.263 e. The summed E-state index contributed by atoms with van der Waals surface area (Å²) in [5.74, 6) is -0.111. The Morgan fingerprint density at radius 3 is 2.53 bits per heavy atom. The molecule has 0 radical (unpaired) electrons. The molecule has 2 amide bonds. The summed E-state index contributed by atoms with van der Waals surface area (Å²) < 4.78 is 31.9. The van der Waals surface area contributed by atoms with Gasteiger partial charge in [0.25, 0.3) is 10.0 Å². The lowest BCUT2D eigenvalue weighted by Gasteiger charge is -2.10. The van der Waals surface area contributed by atoms with Gasteiger partial charge in [0.15, 0.2) is 0 Å². The molecule has 0 saturated heterocycles. The average Bonchev–Trinajstić information content (AvgIpc) is 2.98. The van der Waals surface area contributed by atoms with E-state index in [0.717, 1.165) is 0 Å². The summed E-state index contributed by atoms with van der Waals surface area (Å²) in [4.78, 5) is 28.6. The van der Waals surface area contributed by atoms with E-state index in [1.165, 1.54) is 13.0 Å². The number of nitrogens with one attached hydrogen (secondary N) is 3. The Kier molecular flexibility index (Phi) is 6.36. The van der Waals surface area contributed by atoms with Gasteiger partial charge in [-0.05, 0) is 50.2 Å². The topological polar surface area (TPSA) is 126 Å². The zero-order chi connectivity index (χ0) is 21.7. The molecular formula is C20H22N4O5S. The van der Waals surface area contributed by atoms with Crippen molar-refractivity contribution in [2.75, 3.05) is 18.5 Å². The van der Waals surface area contributed by atoms with E-state index in [2.05, 4.69) is 20.3 Å². The van der Waals surface area contributed by atoms with Crippen molar-refractivity contribution in [1.82, 2.24) is 10.0 Å². The van der Waals surface area contributed by atoms with Crippen LogP contribution in [-0.4, -0.2) is 45.3 Å². The molecule has 0 spiro atoms. The van der Waals surface area contributed by atoms with Crippen LogP contribution >= 0.6 is 0 Å². The Labute approximate surface area is 174 Å². The summed E-state index contributed by atoms with van der Waals surface area (Å²) in [5, 5.41) is 5.16. The van der Waals surface area contributed by atoms with E-state index in [4.69, 9.17) is 4.74 Å². The molecule has 30 heavy (non-hydrogen) atoms. The molecule has 2 aromatic carbocycles. The number of fused-ring (bicyclic) bond motifs is 1. The van der Waals surface area contributed by atoms with Crippen molar-refractivity contribution in [2.45, 2.75) is 24.8 Å². The second kappa shape index (κ2) is 8.95. The highest BCUT2D eigenvalue weighted by Gasteiger charge is 2.31. The third-order valence-corrected chi connectivity index (χ3v) is 5.63. The summed E-state index contributed by atoms with van der Waals surface area (Å²) >= 11 is 0. The number of amidine groups is 1. The Balaban J connectivity index is 1.56. The van der Waals surface area contributed by atoms with Crippen LogP contribution in [-0.2, 0) is 19.6 Å². The van der Waals surface area contributed by atoms with E-state index in [1.54, 1.807) is 42.5 Å². The minimum Gasteiger partial charge on any atom is -0.494 e. The van der Waals surface area contributed by atoms with Crippen LogP contribution in [0.5, 0.6) is 5.75 Å². The quantitative estimate of drug-likeness (QED) is 0.610. The van der Waals surface area contributed by atoms with E-state index in [-0.39, 0.29) is 17.3 Å². The number of carbonyl (C=O) groups excluding carboxylic acids is 2. The smallest absolute Gasteiger partial charge is 0.263 e. The zero-order valence-electron chi connectivity index (χ0n) is 16.5. The molecule has 3 rings (SSSR count). The average molecular weight is 430 g/mol. The van der Waals surface area contributed by atoms with Gasteiger partial charge >= 0.3 is 0 Å². The number of hydrogen-bond donors (Lipinski definition) is 3. The minimum absolute atomic E-state index is 0.104. The van der Waals surface area contributed by atoms with Crippen LogP contribution in [0.2, 0.25) is 0 Å². The summed E-state index contributed by atoms with van der Waals surface area (Å²) in [6, 6.07) is 12.3. The second-order valence-corrected chi connectivity index (χ2v) is 8.13. The molecule has 0 unspecified atom stereocenters. The van der Waals surface area contributed by atoms with Crippen molar-refractivity contribution in [3.8, 4) is 5.75 Å². The summed E-state index contributed by atoms with van der Waals surface area (Å²) in [6.07, 6.45) is 0. The molecule has 1 atom stereocenters. The number of amides is 2. The van der Waals surface area contributed by atoms with Gasteiger partial charge in [-0.1, -0.05) is 12.1 Å². The molecule has 0 saturated carbocycles. The van der Waals surface area contributed by atoms with Crippen molar-refractivity contribution >= 4 is 33.4 Å². The summed E-state index contributed by atoms with van der Waals surface area (Å²) in [5.41, 5.74) is 0.980. The predicted octanol–water partition coefficient (Wildman–Crippen LogP) is 1.27. The van der Waals surface area contributed by atoms with Gasteiger partial charge in [0.1, 0.15) is 17.6 Å². The van der Waals surface area contributed by atoms with Gasteiger partial charge in [-0.25, -0.2) is 8.42 Å². The van der Waals surface area contributed by atoms with Crippen LogP contribution in [0.15, 0.2) is 58.4 Å². The van der Waals surface area contributed by atoms with Gasteiger partial charge in [0, 0.05) is 11.3 Å². The first-order chi connectivity index (χ1) is 14.3. The second-order valence-electron chi connectivity index (χ2n) is 6.48. The van der Waals surface area contributed by atoms with Crippen molar-refractivity contribution in [2.24, 2.45) is 4.99 Å². The molecule has 0 fully saturated rings. The number of nitrogens with zero attached hydrogens (tertiary/aromatic N) is 1. The van der Waals surface area contributed by atoms with Gasteiger partial charge < -0.3 is 15.4 Å². The van der Waals surface area contributed by atoms with E-state index >= 15 is 0 Å². The molecule has 9 nitrogen and oxygen atoms in total. The van der Waals surface area contributed by atoms with Crippen LogP contribution in [0.1, 0.15) is 19.4 Å². The van der Waals surface area contributed by atoms with Crippen LogP contribution < -0.4 is 20.1 Å². The number of anilines is 1. The Bertz CT molecular complexity index is 1080. The van der Waals surface area contributed by atoms with Crippen LogP contribution in [0.3, 0.4) is 0 Å². The number of ether oxygens (including phenoxy) is 1. The molecule has 10 heteroatoms. The molecule has 0 aliphatic carbocycles. The molecule has 1 aliphatic rings. The fourth-order valence-electron chi connectivity index (χ4n) is 2.80. The number of rotatable bonds is 7. The third-order valence-electron chi connectivity index (χ3n) is 4.24. The van der Waals surface area contributed by atoms with E-state index in [9.17, 15) is 18.0 Å². The van der Waals surface area contributed by atoms with E-state index in [1.807, 2.05) is 6.92 Å². The molecule has 0 bridgehead atoms. The number of hydrogen-bond acceptors (Lipinski definition) is 6. The number of benzene rings is 2. The van der Waals surface area contributed by atoms with Crippen LogP contribution in [0.4, 0.5) is 5.69 Å². The first-order valence-electron chi connectivity index (χ1n) is 9.30. The lowest BCUT2D eigenvalue weighted by Crippen LogP contribution is -2.38. The van der Waals surface area contributed by atoms with Crippen molar-refractivity contribution < 1.29 is 22.7 Å². The van der Waals surface area contributed by atoms with Gasteiger partial charge in [-0.3, -0.25) is 19.3 Å². The van der Waals surface area contributed by atoms with Crippen LogP contribution in [0.25, 0.3) is 0 Å². The maximum absolute atomic E-state index is 12.3. The van der Waals surface area contributed by atoms with Gasteiger partial charge in [0.05, 0.1) is 18.0 Å². The number of carbonyl (C=O) groups is 2. The molecule has 158 valence electrons. The van der Waals surface area contributed by atoms with E-state index < -0.39 is 27.9 Å². The third kappa shape index (κ3) is 4.95. The van der Waals surface area contributed by atoms with Crippen LogP contribution in [0, 0.1) is 0 Å². The van der Waals surface area contributed by atoms with Gasteiger partial charge in [0.2, 0.25) is 11.8 Å². The lowest BCUT2D eigenvalue weighted by molar-refractivity contribution is -0.124. The molecule has 2 aromatic rings. The van der Waals surface area contributed by atoms with Gasteiger partial charge in [-0.15, -0.1) is 0 Å². The Hall–Kier alpha value is -3.40.